The predicted molar refractivity (Wildman–Crippen MR) is 55.5 cm³/mol. The number of aromatic nitrogens is 2. The normalized spacial score (nSPS) is 10.7. The molecule has 1 aromatic carbocycles. The molecule has 0 unspecified atom stereocenters. The number of imidazole rings is 1. The van der Waals surface area contributed by atoms with Crippen molar-refractivity contribution < 1.29 is 4.79 Å². The highest BCUT2D eigenvalue weighted by Crippen LogP contribution is 2.17. The minimum atomic E-state index is 0.0927. The van der Waals surface area contributed by atoms with Gasteiger partial charge < -0.3 is 4.98 Å². The van der Waals surface area contributed by atoms with E-state index in [0.29, 0.717) is 17.3 Å². The standard InChI is InChI=1S/C10H9ClN2O/c1-6(14)4-10-12-8-3-2-7(11)5-9(8)13-10/h2-3,5H,4H2,1H3,(H,12,13). The first kappa shape index (κ1) is 9.21. The smallest absolute Gasteiger partial charge is 0.137 e. The van der Waals surface area contributed by atoms with Gasteiger partial charge >= 0.3 is 0 Å². The topological polar surface area (TPSA) is 45.8 Å². The Kier molecular flexibility index (Phi) is 2.25. The Hall–Kier alpha value is -1.35. The van der Waals surface area contributed by atoms with Crippen LogP contribution in [0.4, 0.5) is 0 Å². The Morgan fingerprint density at radius 3 is 3.07 bits per heavy atom. The molecule has 0 fully saturated rings. The number of hydrogen-bond donors (Lipinski definition) is 1. The van der Waals surface area contributed by atoms with Crippen LogP contribution in [0.25, 0.3) is 11.0 Å². The first-order chi connectivity index (χ1) is 6.65. The van der Waals surface area contributed by atoms with E-state index < -0.39 is 0 Å². The number of fused-ring (bicyclic) bond motifs is 1. The Bertz CT molecular complexity index is 490. The van der Waals surface area contributed by atoms with Crippen molar-refractivity contribution >= 4 is 28.4 Å². The Labute approximate surface area is 86.1 Å². The summed E-state index contributed by atoms with van der Waals surface area (Å²) in [6.07, 6.45) is 0.340. The van der Waals surface area contributed by atoms with E-state index in [2.05, 4.69) is 9.97 Å². The molecule has 1 N–H and O–H groups in total. The Morgan fingerprint density at radius 2 is 2.36 bits per heavy atom. The molecule has 4 heteroatoms. The van der Waals surface area contributed by atoms with Crippen LogP contribution in [-0.4, -0.2) is 15.8 Å². The summed E-state index contributed by atoms with van der Waals surface area (Å²) in [6.45, 7) is 1.54. The highest BCUT2D eigenvalue weighted by atomic mass is 35.5. The molecule has 0 aliphatic rings. The molecule has 0 aliphatic carbocycles. The fraction of sp³-hybridized carbons (Fsp3) is 0.200. The third-order valence-electron chi connectivity index (χ3n) is 1.91. The van der Waals surface area contributed by atoms with Gasteiger partial charge in [0.1, 0.15) is 11.6 Å². The lowest BCUT2D eigenvalue weighted by Crippen LogP contribution is -1.97. The van der Waals surface area contributed by atoms with Gasteiger partial charge in [0.05, 0.1) is 17.5 Å². The number of carbonyl (C=O) groups is 1. The predicted octanol–water partition coefficient (Wildman–Crippen LogP) is 2.35. The van der Waals surface area contributed by atoms with E-state index >= 15 is 0 Å². The van der Waals surface area contributed by atoms with Crippen LogP contribution in [0.2, 0.25) is 5.02 Å². The minimum absolute atomic E-state index is 0.0927. The van der Waals surface area contributed by atoms with Gasteiger partial charge in [-0.15, -0.1) is 0 Å². The van der Waals surface area contributed by atoms with E-state index in [4.69, 9.17) is 11.6 Å². The van der Waals surface area contributed by atoms with Gasteiger partial charge in [-0.3, -0.25) is 4.79 Å². The zero-order valence-electron chi connectivity index (χ0n) is 7.67. The summed E-state index contributed by atoms with van der Waals surface area (Å²) in [5.41, 5.74) is 1.71. The number of benzene rings is 1. The van der Waals surface area contributed by atoms with E-state index in [-0.39, 0.29) is 5.78 Å². The Morgan fingerprint density at radius 1 is 1.57 bits per heavy atom. The summed E-state index contributed by atoms with van der Waals surface area (Å²) in [5.74, 6) is 0.782. The molecule has 0 saturated carbocycles. The van der Waals surface area contributed by atoms with Crippen molar-refractivity contribution in [2.24, 2.45) is 0 Å². The number of ketones is 1. The first-order valence-electron chi connectivity index (χ1n) is 4.29. The van der Waals surface area contributed by atoms with Crippen molar-refractivity contribution in [3.05, 3.63) is 29.0 Å². The van der Waals surface area contributed by atoms with Crippen molar-refractivity contribution in [3.8, 4) is 0 Å². The van der Waals surface area contributed by atoms with Crippen LogP contribution in [0.3, 0.4) is 0 Å². The van der Waals surface area contributed by atoms with Crippen LogP contribution in [0, 0.1) is 0 Å². The Balaban J connectivity index is 2.46. The summed E-state index contributed by atoms with van der Waals surface area (Å²) in [6, 6.07) is 5.41. The number of halogens is 1. The molecule has 14 heavy (non-hydrogen) atoms. The van der Waals surface area contributed by atoms with Gasteiger partial charge in [0.2, 0.25) is 0 Å². The molecule has 0 saturated heterocycles. The molecule has 0 bridgehead atoms. The van der Waals surface area contributed by atoms with Crippen LogP contribution in [-0.2, 0) is 11.2 Å². The van der Waals surface area contributed by atoms with E-state index in [1.807, 2.05) is 6.07 Å². The molecule has 0 aliphatic heterocycles. The molecular formula is C10H9ClN2O. The summed E-state index contributed by atoms with van der Waals surface area (Å²) >= 11 is 5.82. The number of carbonyl (C=O) groups excluding carboxylic acids is 1. The fourth-order valence-corrected chi connectivity index (χ4v) is 1.53. The maximum atomic E-state index is 10.9. The zero-order valence-corrected chi connectivity index (χ0v) is 8.43. The number of H-pyrrole nitrogens is 1. The second kappa shape index (κ2) is 3.42. The van der Waals surface area contributed by atoms with Crippen molar-refractivity contribution in [2.45, 2.75) is 13.3 Å². The quantitative estimate of drug-likeness (QED) is 0.824. The number of nitrogens with one attached hydrogen (secondary N) is 1. The molecule has 72 valence electrons. The second-order valence-corrected chi connectivity index (χ2v) is 3.66. The first-order valence-corrected chi connectivity index (χ1v) is 4.66. The van der Waals surface area contributed by atoms with E-state index in [1.165, 1.54) is 0 Å². The van der Waals surface area contributed by atoms with Gasteiger partial charge in [0.15, 0.2) is 0 Å². The van der Waals surface area contributed by atoms with Crippen molar-refractivity contribution in [1.29, 1.82) is 0 Å². The van der Waals surface area contributed by atoms with E-state index in [9.17, 15) is 4.79 Å². The van der Waals surface area contributed by atoms with Crippen molar-refractivity contribution in [1.82, 2.24) is 9.97 Å². The van der Waals surface area contributed by atoms with Gasteiger partial charge in [0.25, 0.3) is 0 Å². The molecule has 0 spiro atoms. The molecule has 0 atom stereocenters. The third kappa shape index (κ3) is 1.77. The highest BCUT2D eigenvalue weighted by molar-refractivity contribution is 6.31. The highest BCUT2D eigenvalue weighted by Gasteiger charge is 2.04. The maximum absolute atomic E-state index is 10.9. The number of aromatic amines is 1. The lowest BCUT2D eigenvalue weighted by atomic mass is 10.3. The third-order valence-corrected chi connectivity index (χ3v) is 2.14. The van der Waals surface area contributed by atoms with Crippen LogP contribution < -0.4 is 0 Å². The van der Waals surface area contributed by atoms with Gasteiger partial charge in [-0.25, -0.2) is 4.98 Å². The van der Waals surface area contributed by atoms with Crippen LogP contribution in [0.1, 0.15) is 12.7 Å². The number of rotatable bonds is 2. The largest absolute Gasteiger partial charge is 0.342 e. The lowest BCUT2D eigenvalue weighted by molar-refractivity contribution is -0.116. The van der Waals surface area contributed by atoms with Crippen LogP contribution >= 0.6 is 11.6 Å². The monoisotopic (exact) mass is 208 g/mol. The van der Waals surface area contributed by atoms with Crippen LogP contribution in [0.5, 0.6) is 0 Å². The average Bonchev–Trinajstić information content (AvgIpc) is 2.44. The number of nitrogens with zero attached hydrogens (tertiary/aromatic N) is 1. The fourth-order valence-electron chi connectivity index (χ4n) is 1.35. The molecule has 2 rings (SSSR count). The molecule has 0 radical (unpaired) electrons. The van der Waals surface area contributed by atoms with Crippen molar-refractivity contribution in [2.75, 3.05) is 0 Å². The van der Waals surface area contributed by atoms with Crippen LogP contribution in [0.15, 0.2) is 18.2 Å². The summed E-state index contributed by atoms with van der Waals surface area (Å²) in [4.78, 5) is 18.2. The van der Waals surface area contributed by atoms with Gasteiger partial charge in [-0.05, 0) is 25.1 Å². The van der Waals surface area contributed by atoms with Gasteiger partial charge in [0, 0.05) is 5.02 Å². The summed E-state index contributed by atoms with van der Waals surface area (Å²) in [7, 11) is 0. The van der Waals surface area contributed by atoms with E-state index in [1.54, 1.807) is 19.1 Å². The number of Topliss-reactive ketones (excluding diaryl/α,β-unsaturated/α-hetero) is 1. The molecule has 2 aromatic rings. The van der Waals surface area contributed by atoms with Gasteiger partial charge in [-0.2, -0.15) is 0 Å². The molecule has 0 amide bonds. The molecule has 3 nitrogen and oxygen atoms in total. The lowest BCUT2D eigenvalue weighted by Gasteiger charge is -1.88. The zero-order chi connectivity index (χ0) is 10.1. The van der Waals surface area contributed by atoms with Gasteiger partial charge in [-0.1, -0.05) is 11.6 Å². The minimum Gasteiger partial charge on any atom is -0.342 e. The summed E-state index contributed by atoms with van der Waals surface area (Å²) < 4.78 is 0. The number of hydrogen-bond acceptors (Lipinski definition) is 2. The molecular weight excluding hydrogens is 200 g/mol. The van der Waals surface area contributed by atoms with E-state index in [0.717, 1.165) is 11.0 Å². The molecule has 1 aromatic heterocycles. The maximum Gasteiger partial charge on any atom is 0.137 e. The molecule has 1 heterocycles. The SMILES string of the molecule is CC(=O)Cc1nc2ccc(Cl)cc2[nH]1. The second-order valence-electron chi connectivity index (χ2n) is 3.22. The summed E-state index contributed by atoms with van der Waals surface area (Å²) in [5, 5.41) is 0.663. The average molecular weight is 209 g/mol. The van der Waals surface area contributed by atoms with Crippen molar-refractivity contribution in [3.63, 3.8) is 0 Å².